The number of hydrogen-bond donors (Lipinski definition) is 1. The molecule has 2 aliphatic rings. The average Bonchev–Trinajstić information content (AvgIpc) is 3.66. The van der Waals surface area contributed by atoms with Crippen LogP contribution in [-0.2, 0) is 11.2 Å². The van der Waals surface area contributed by atoms with E-state index in [1.54, 1.807) is 12.3 Å². The smallest absolute Gasteiger partial charge is 0.393 e. The third-order valence-electron chi connectivity index (χ3n) is 7.37. The molecule has 0 spiro atoms. The van der Waals surface area contributed by atoms with Gasteiger partial charge in [0, 0.05) is 62.8 Å². The first kappa shape index (κ1) is 26.0. The van der Waals surface area contributed by atoms with Gasteiger partial charge in [-0.15, -0.1) is 0 Å². The Bertz CT molecular complexity index is 1450. The maximum atomic E-state index is 13.8. The zero-order valence-electron chi connectivity index (χ0n) is 21.7. The molecule has 2 fully saturated rings. The predicted octanol–water partition coefficient (Wildman–Crippen LogP) is 3.97. The molecule has 0 radical (unpaired) electrons. The second-order valence-electron chi connectivity index (χ2n) is 9.82. The number of aromatic amines is 1. The molecule has 39 heavy (non-hydrogen) atoms. The summed E-state index contributed by atoms with van der Waals surface area (Å²) in [4.78, 5) is 13.7. The van der Waals surface area contributed by atoms with Crippen LogP contribution in [0.5, 0.6) is 5.75 Å². The largest absolute Gasteiger partial charge is 0.493 e. The highest BCUT2D eigenvalue weighted by Gasteiger charge is 2.34. The van der Waals surface area contributed by atoms with Gasteiger partial charge in [0.1, 0.15) is 16.3 Å². The number of piperazine rings is 1. The van der Waals surface area contributed by atoms with E-state index in [1.807, 2.05) is 6.92 Å². The molecule has 208 valence electrons. The van der Waals surface area contributed by atoms with Crippen molar-refractivity contribution >= 4 is 22.0 Å². The van der Waals surface area contributed by atoms with Crippen molar-refractivity contribution in [2.45, 2.75) is 38.4 Å². The molecule has 0 saturated carbocycles. The first-order valence-corrected chi connectivity index (χ1v) is 13.7. The summed E-state index contributed by atoms with van der Waals surface area (Å²) in [7, 11) is 1.48. The van der Waals surface area contributed by atoms with E-state index in [9.17, 15) is 13.2 Å². The second-order valence-corrected chi connectivity index (χ2v) is 10.8. The van der Waals surface area contributed by atoms with Crippen molar-refractivity contribution in [3.05, 3.63) is 29.8 Å². The van der Waals surface area contributed by atoms with Gasteiger partial charge in [0.15, 0.2) is 11.4 Å². The standard InChI is InChI=1S/C25H29F3N8O2S/c1-15-24(35-7-5-34(6-8-35)17-3-9-38-10-4-17)39-23(31-15)21-18(12-25(26,27)28)20(32-33-21)16-11-19(37-2)22-29-14-30-36(22)13-16/h11,13-14,17H,3-10,12H2,1-2H3,(H,32,33). The molecule has 0 bridgehead atoms. The first-order chi connectivity index (χ1) is 18.8. The summed E-state index contributed by atoms with van der Waals surface area (Å²) in [6.45, 7) is 7.11. The van der Waals surface area contributed by atoms with E-state index in [-0.39, 0.29) is 17.0 Å². The molecule has 4 aromatic heterocycles. The molecule has 2 aliphatic heterocycles. The lowest BCUT2D eigenvalue weighted by Gasteiger charge is -2.41. The molecular weight excluding hydrogens is 533 g/mol. The van der Waals surface area contributed by atoms with Crippen LogP contribution in [0.2, 0.25) is 0 Å². The normalized spacial score (nSPS) is 17.8. The molecule has 10 nitrogen and oxygen atoms in total. The van der Waals surface area contributed by atoms with Crippen molar-refractivity contribution in [1.29, 1.82) is 0 Å². The molecule has 0 atom stereocenters. The Morgan fingerprint density at radius 1 is 1.18 bits per heavy atom. The zero-order chi connectivity index (χ0) is 27.1. The van der Waals surface area contributed by atoms with Crippen LogP contribution in [0.1, 0.15) is 24.1 Å². The molecule has 6 rings (SSSR count). The van der Waals surface area contributed by atoms with E-state index in [0.29, 0.717) is 28.0 Å². The lowest BCUT2D eigenvalue weighted by atomic mass is 10.0. The number of thiazole rings is 1. The highest BCUT2D eigenvalue weighted by atomic mass is 32.1. The minimum Gasteiger partial charge on any atom is -0.493 e. The Labute approximate surface area is 226 Å². The lowest BCUT2D eigenvalue weighted by molar-refractivity contribution is -0.127. The van der Waals surface area contributed by atoms with Crippen LogP contribution < -0.4 is 9.64 Å². The van der Waals surface area contributed by atoms with Crippen LogP contribution in [0.4, 0.5) is 18.2 Å². The highest BCUT2D eigenvalue weighted by molar-refractivity contribution is 7.19. The topological polar surface area (TPSA) is 96.7 Å². The number of H-pyrrole nitrogens is 1. The summed E-state index contributed by atoms with van der Waals surface area (Å²) in [6.07, 6.45) is -0.514. The molecular formula is C25H29F3N8O2S. The van der Waals surface area contributed by atoms with Crippen molar-refractivity contribution in [3.63, 3.8) is 0 Å². The maximum absolute atomic E-state index is 13.8. The first-order valence-electron chi connectivity index (χ1n) is 12.9. The van der Waals surface area contributed by atoms with Crippen molar-refractivity contribution in [1.82, 2.24) is 34.7 Å². The Balaban J connectivity index is 1.31. The van der Waals surface area contributed by atoms with Gasteiger partial charge in [-0.05, 0) is 25.8 Å². The third-order valence-corrected chi connectivity index (χ3v) is 8.61. The summed E-state index contributed by atoms with van der Waals surface area (Å²) >= 11 is 1.40. The molecule has 4 aromatic rings. The zero-order valence-corrected chi connectivity index (χ0v) is 22.5. The SMILES string of the molecule is COc1cc(-c2n[nH]c(-c3nc(C)c(N4CCN(C5CCOCC5)CC4)s3)c2CC(F)(F)F)cn2ncnc12. The number of halogens is 3. The van der Waals surface area contributed by atoms with Crippen LogP contribution >= 0.6 is 11.3 Å². The molecule has 1 N–H and O–H groups in total. The number of aryl methyl sites for hydroxylation is 1. The van der Waals surface area contributed by atoms with Crippen LogP contribution in [-0.4, -0.2) is 93.4 Å². The van der Waals surface area contributed by atoms with Gasteiger partial charge in [-0.3, -0.25) is 10.00 Å². The Hall–Kier alpha value is -3.23. The van der Waals surface area contributed by atoms with Crippen LogP contribution in [0.25, 0.3) is 27.6 Å². The number of rotatable bonds is 6. The van der Waals surface area contributed by atoms with E-state index in [4.69, 9.17) is 14.5 Å². The highest BCUT2D eigenvalue weighted by Crippen LogP contribution is 2.40. The summed E-state index contributed by atoms with van der Waals surface area (Å²) in [5.41, 5.74) is 2.19. The molecule has 0 unspecified atom stereocenters. The lowest BCUT2D eigenvalue weighted by Crippen LogP contribution is -2.51. The average molecular weight is 563 g/mol. The number of nitrogens with zero attached hydrogens (tertiary/aromatic N) is 7. The number of ether oxygens (including phenoxy) is 2. The minimum absolute atomic E-state index is 0.0358. The molecule has 14 heteroatoms. The van der Waals surface area contributed by atoms with E-state index >= 15 is 0 Å². The maximum Gasteiger partial charge on any atom is 0.393 e. The second kappa shape index (κ2) is 10.4. The van der Waals surface area contributed by atoms with Crippen molar-refractivity contribution in [3.8, 4) is 27.7 Å². The van der Waals surface area contributed by atoms with Gasteiger partial charge in [0.25, 0.3) is 0 Å². The molecule has 2 saturated heterocycles. The van der Waals surface area contributed by atoms with Crippen LogP contribution in [0, 0.1) is 6.92 Å². The predicted molar refractivity (Wildman–Crippen MR) is 140 cm³/mol. The Kier molecular flexibility index (Phi) is 6.93. The number of nitrogens with one attached hydrogen (secondary N) is 1. The van der Waals surface area contributed by atoms with Gasteiger partial charge in [0.05, 0.1) is 30.6 Å². The fourth-order valence-corrected chi connectivity index (χ4v) is 6.60. The van der Waals surface area contributed by atoms with E-state index in [0.717, 1.165) is 62.9 Å². The monoisotopic (exact) mass is 562 g/mol. The fraction of sp³-hybridized carbons (Fsp3) is 0.520. The number of fused-ring (bicyclic) bond motifs is 1. The van der Waals surface area contributed by atoms with E-state index < -0.39 is 12.6 Å². The van der Waals surface area contributed by atoms with Gasteiger partial charge in [-0.25, -0.2) is 14.5 Å². The van der Waals surface area contributed by atoms with Gasteiger partial charge in [-0.1, -0.05) is 11.3 Å². The molecule has 0 aromatic carbocycles. The molecule has 0 aliphatic carbocycles. The summed E-state index contributed by atoms with van der Waals surface area (Å²) in [6, 6.07) is 2.18. The Morgan fingerprint density at radius 3 is 2.67 bits per heavy atom. The fourth-order valence-electron chi connectivity index (χ4n) is 5.46. The number of aromatic nitrogens is 6. The van der Waals surface area contributed by atoms with Gasteiger partial charge >= 0.3 is 6.18 Å². The number of methoxy groups -OCH3 is 1. The Morgan fingerprint density at radius 2 is 1.95 bits per heavy atom. The molecule has 0 amide bonds. The number of alkyl halides is 3. The van der Waals surface area contributed by atoms with Gasteiger partial charge < -0.3 is 14.4 Å². The summed E-state index contributed by atoms with van der Waals surface area (Å²) in [5, 5.41) is 12.8. The minimum atomic E-state index is -4.44. The van der Waals surface area contributed by atoms with Crippen molar-refractivity contribution in [2.24, 2.45) is 0 Å². The van der Waals surface area contributed by atoms with Gasteiger partial charge in [0.2, 0.25) is 0 Å². The van der Waals surface area contributed by atoms with E-state index in [2.05, 4.69) is 30.1 Å². The van der Waals surface area contributed by atoms with Crippen molar-refractivity contribution < 1.29 is 22.6 Å². The van der Waals surface area contributed by atoms with Gasteiger partial charge in [-0.2, -0.15) is 23.4 Å². The quantitative estimate of drug-likeness (QED) is 0.377. The number of anilines is 1. The van der Waals surface area contributed by atoms with E-state index in [1.165, 1.54) is 29.3 Å². The van der Waals surface area contributed by atoms with Crippen LogP contribution in [0.15, 0.2) is 18.6 Å². The third kappa shape index (κ3) is 5.20. The van der Waals surface area contributed by atoms with Crippen molar-refractivity contribution in [2.75, 3.05) is 51.4 Å². The van der Waals surface area contributed by atoms with Crippen LogP contribution in [0.3, 0.4) is 0 Å². The molecule has 6 heterocycles. The summed E-state index contributed by atoms with van der Waals surface area (Å²) < 4.78 is 53.7. The number of hydrogen-bond acceptors (Lipinski definition) is 9. The summed E-state index contributed by atoms with van der Waals surface area (Å²) in [5.74, 6) is 0.389. The number of pyridine rings is 1.